The van der Waals surface area contributed by atoms with Gasteiger partial charge in [-0.15, -0.1) is 3.77 Å². The molecule has 1 unspecified atom stereocenters. The summed E-state index contributed by atoms with van der Waals surface area (Å²) in [6.45, 7) is 3.21. The van der Waals surface area contributed by atoms with Gasteiger partial charge >= 0.3 is 0 Å². The smallest absolute Gasteiger partial charge is 0.266 e. The normalized spacial score (nSPS) is 15.7. The zero-order valence-corrected chi connectivity index (χ0v) is 17.6. The van der Waals surface area contributed by atoms with Crippen molar-refractivity contribution < 1.29 is 25.2 Å². The third-order valence-electron chi connectivity index (χ3n) is 3.45. The Morgan fingerprint density at radius 1 is 0.889 bits per heavy atom. The summed E-state index contributed by atoms with van der Waals surface area (Å²) in [6.07, 6.45) is -0.154. The molecule has 0 spiro atoms. The van der Waals surface area contributed by atoms with Gasteiger partial charge in [-0.1, -0.05) is 35.9 Å². The van der Waals surface area contributed by atoms with E-state index in [1.807, 2.05) is 6.92 Å². The second kappa shape index (κ2) is 8.09. The summed E-state index contributed by atoms with van der Waals surface area (Å²) in [5, 5.41) is 0. The molecule has 0 N–H and O–H groups in total. The standard InChI is InChI=1S/C17H21NO6S3/c1-14-9-11-17(12-10-14)27(22,23)18-26(21,16-7-5-4-6-8-16)13-15(2)24-25(3,19)20/h4-12,15H,13H2,1-3H3/t15-,26?/m0/s1. The van der Waals surface area contributed by atoms with Crippen molar-refractivity contribution in [3.8, 4) is 0 Å². The second-order valence-electron chi connectivity index (χ2n) is 6.09. The van der Waals surface area contributed by atoms with Crippen LogP contribution in [0.2, 0.25) is 0 Å². The Morgan fingerprint density at radius 3 is 1.96 bits per heavy atom. The van der Waals surface area contributed by atoms with Gasteiger partial charge in [0.05, 0.1) is 32.7 Å². The molecule has 0 radical (unpaired) electrons. The van der Waals surface area contributed by atoms with Crippen LogP contribution in [0.5, 0.6) is 0 Å². The summed E-state index contributed by atoms with van der Waals surface area (Å²) in [5.41, 5.74) is 0.868. The van der Waals surface area contributed by atoms with Crippen LogP contribution >= 0.6 is 0 Å². The van der Waals surface area contributed by atoms with Gasteiger partial charge in [-0.25, -0.2) is 4.21 Å². The average Bonchev–Trinajstić information content (AvgIpc) is 2.53. The summed E-state index contributed by atoms with van der Waals surface area (Å²) in [6, 6.07) is 13.9. The fourth-order valence-corrected chi connectivity index (χ4v) is 7.27. The van der Waals surface area contributed by atoms with Crippen molar-refractivity contribution in [1.82, 2.24) is 0 Å². The predicted molar refractivity (Wildman–Crippen MR) is 104 cm³/mol. The molecule has 0 saturated carbocycles. The van der Waals surface area contributed by atoms with Crippen LogP contribution in [0.3, 0.4) is 0 Å². The van der Waals surface area contributed by atoms with Crippen molar-refractivity contribution in [2.45, 2.75) is 29.7 Å². The molecule has 2 atom stereocenters. The number of aryl methyl sites for hydroxylation is 1. The fraction of sp³-hybridized carbons (Fsp3) is 0.294. The molecule has 27 heavy (non-hydrogen) atoms. The molecule has 7 nitrogen and oxygen atoms in total. The lowest BCUT2D eigenvalue weighted by Crippen LogP contribution is -2.24. The second-order valence-corrected chi connectivity index (χ2v) is 11.8. The lowest BCUT2D eigenvalue weighted by molar-refractivity contribution is 0.254. The maximum Gasteiger partial charge on any atom is 0.290 e. The Balaban J connectivity index is 2.57. The van der Waals surface area contributed by atoms with E-state index in [4.69, 9.17) is 4.18 Å². The summed E-state index contributed by atoms with van der Waals surface area (Å²) in [4.78, 5) is 0.0954. The maximum absolute atomic E-state index is 13.5. The lowest BCUT2D eigenvalue weighted by Gasteiger charge is -2.15. The van der Waals surface area contributed by atoms with Gasteiger partial charge in [-0.3, -0.25) is 4.18 Å². The topological polar surface area (TPSA) is 107 Å². The average molecular weight is 432 g/mol. The Labute approximate surface area is 160 Å². The number of nitrogens with zero attached hydrogens (tertiary/aromatic N) is 1. The molecule has 2 aromatic carbocycles. The van der Waals surface area contributed by atoms with E-state index in [9.17, 15) is 21.0 Å². The first-order valence-corrected chi connectivity index (χ1v) is 12.9. The van der Waals surface area contributed by atoms with Crippen LogP contribution in [0, 0.1) is 6.92 Å². The van der Waals surface area contributed by atoms with Crippen molar-refractivity contribution in [1.29, 1.82) is 0 Å². The van der Waals surface area contributed by atoms with Crippen LogP contribution < -0.4 is 0 Å². The van der Waals surface area contributed by atoms with E-state index < -0.39 is 41.7 Å². The van der Waals surface area contributed by atoms with Crippen LogP contribution in [-0.2, 0) is 34.1 Å². The SMILES string of the molecule is Cc1ccc(S(=O)(=O)N=S(=O)(C[C@H](C)OS(C)(=O)=O)c2ccccc2)cc1. The highest BCUT2D eigenvalue weighted by Gasteiger charge is 2.25. The largest absolute Gasteiger partial charge is 0.290 e. The summed E-state index contributed by atoms with van der Waals surface area (Å²) >= 11 is 0. The predicted octanol–water partition coefficient (Wildman–Crippen LogP) is 2.58. The minimum Gasteiger partial charge on any atom is -0.266 e. The van der Waals surface area contributed by atoms with Gasteiger partial charge in [0.15, 0.2) is 0 Å². The van der Waals surface area contributed by atoms with E-state index in [1.165, 1.54) is 31.2 Å². The van der Waals surface area contributed by atoms with Gasteiger partial charge in [-0.05, 0) is 38.1 Å². The Hall–Kier alpha value is -1.75. The van der Waals surface area contributed by atoms with Gasteiger partial charge in [0.1, 0.15) is 0 Å². The summed E-state index contributed by atoms with van der Waals surface area (Å²) < 4.78 is 70.1. The molecule has 148 valence electrons. The van der Waals surface area contributed by atoms with Crippen molar-refractivity contribution in [3.05, 3.63) is 60.2 Å². The van der Waals surface area contributed by atoms with E-state index >= 15 is 0 Å². The molecule has 0 bridgehead atoms. The molecule has 0 amide bonds. The number of benzene rings is 2. The Bertz CT molecular complexity index is 1110. The number of rotatable bonds is 7. The van der Waals surface area contributed by atoms with Crippen LogP contribution in [0.25, 0.3) is 0 Å². The number of hydrogen-bond donors (Lipinski definition) is 0. The van der Waals surface area contributed by atoms with E-state index in [2.05, 4.69) is 3.77 Å². The zero-order valence-electron chi connectivity index (χ0n) is 15.1. The molecule has 0 aliphatic heterocycles. The monoisotopic (exact) mass is 431 g/mol. The maximum atomic E-state index is 13.5. The van der Waals surface area contributed by atoms with Gasteiger partial charge < -0.3 is 0 Å². The molecule has 0 fully saturated rings. The molecule has 0 heterocycles. The van der Waals surface area contributed by atoms with Gasteiger partial charge in [0.2, 0.25) is 0 Å². The third-order valence-corrected chi connectivity index (χ3v) is 8.67. The van der Waals surface area contributed by atoms with Gasteiger partial charge in [-0.2, -0.15) is 16.8 Å². The van der Waals surface area contributed by atoms with Gasteiger partial charge in [0, 0.05) is 4.90 Å². The summed E-state index contributed by atoms with van der Waals surface area (Å²) in [7, 11) is -11.5. The Kier molecular flexibility index (Phi) is 6.46. The van der Waals surface area contributed by atoms with E-state index in [0.29, 0.717) is 0 Å². The van der Waals surface area contributed by atoms with Crippen LogP contribution in [0.15, 0.2) is 68.2 Å². The number of hydrogen-bond acceptors (Lipinski definition) is 6. The highest BCUT2D eigenvalue weighted by Crippen LogP contribution is 2.22. The minimum absolute atomic E-state index is 0.0894. The van der Waals surface area contributed by atoms with Crippen molar-refractivity contribution >= 4 is 29.9 Å². The fourth-order valence-electron chi connectivity index (χ4n) is 2.36. The molecule has 10 heteroatoms. The van der Waals surface area contributed by atoms with E-state index in [0.717, 1.165) is 11.8 Å². The van der Waals surface area contributed by atoms with Crippen molar-refractivity contribution in [2.24, 2.45) is 3.77 Å². The molecular weight excluding hydrogens is 410 g/mol. The third kappa shape index (κ3) is 6.13. The van der Waals surface area contributed by atoms with Crippen molar-refractivity contribution in [2.75, 3.05) is 12.0 Å². The highest BCUT2D eigenvalue weighted by molar-refractivity contribution is 8.03. The molecule has 0 aliphatic rings. The lowest BCUT2D eigenvalue weighted by atomic mass is 10.2. The van der Waals surface area contributed by atoms with Crippen LogP contribution in [0.1, 0.15) is 12.5 Å². The molecule has 0 aromatic heterocycles. The highest BCUT2D eigenvalue weighted by atomic mass is 32.3. The molecule has 0 saturated heterocycles. The van der Waals surface area contributed by atoms with E-state index in [-0.39, 0.29) is 9.79 Å². The van der Waals surface area contributed by atoms with Crippen LogP contribution in [0.4, 0.5) is 0 Å². The molecule has 0 aliphatic carbocycles. The molecule has 2 rings (SSSR count). The first kappa shape index (κ1) is 21.5. The summed E-state index contributed by atoms with van der Waals surface area (Å²) in [5.74, 6) is -0.394. The molecule has 2 aromatic rings. The quantitative estimate of drug-likeness (QED) is 0.624. The first-order valence-electron chi connectivity index (χ1n) is 7.92. The number of sulfonamides is 1. The Morgan fingerprint density at radius 2 is 1.44 bits per heavy atom. The van der Waals surface area contributed by atoms with Gasteiger partial charge in [0.25, 0.3) is 20.1 Å². The van der Waals surface area contributed by atoms with E-state index in [1.54, 1.807) is 30.3 Å². The zero-order chi connectivity index (χ0) is 20.3. The van der Waals surface area contributed by atoms with Crippen molar-refractivity contribution in [3.63, 3.8) is 0 Å². The first-order chi connectivity index (χ1) is 12.4. The van der Waals surface area contributed by atoms with Crippen LogP contribution in [-0.4, -0.2) is 39.2 Å². The molecular formula is C17H21NO6S3. The minimum atomic E-state index is -4.23.